The van der Waals surface area contributed by atoms with Crippen LogP contribution in [0.4, 0.5) is 5.69 Å². The number of anilines is 1. The Bertz CT molecular complexity index is 2070. The first kappa shape index (κ1) is 40.7. The first-order valence-electron chi connectivity index (χ1n) is 19.7. The maximum Gasteiger partial charge on any atom is 0.261 e. The highest BCUT2D eigenvalue weighted by atomic mass is 16.5. The summed E-state index contributed by atoms with van der Waals surface area (Å²) < 4.78 is 18.0. The molecule has 0 unspecified atom stereocenters. The number of fused-ring (bicyclic) bond motifs is 1. The SMILES string of the molecule is COc1cc(C(=O)N(C)c2ccc(C)cc2OCCCCCC(=O)N2CCN(C)CC2)ccc1/C=C/c1ccccc1OCCCN1C(=O)c2ccccc2C1=O. The Labute approximate surface area is 335 Å². The lowest BCUT2D eigenvalue weighted by molar-refractivity contribution is -0.132. The van der Waals surface area contributed by atoms with Crippen LogP contribution >= 0.6 is 0 Å². The third-order valence-corrected chi connectivity index (χ3v) is 10.4. The first-order chi connectivity index (χ1) is 27.6. The second kappa shape index (κ2) is 19.3. The second-order valence-electron chi connectivity index (χ2n) is 14.5. The van der Waals surface area contributed by atoms with Gasteiger partial charge in [-0.15, -0.1) is 0 Å². The summed E-state index contributed by atoms with van der Waals surface area (Å²) >= 11 is 0. The van der Waals surface area contributed by atoms with Crippen LogP contribution in [0, 0.1) is 6.92 Å². The lowest BCUT2D eigenvalue weighted by Crippen LogP contribution is -2.47. The molecular formula is C46H52N4O7. The molecule has 0 bridgehead atoms. The number of amides is 4. The van der Waals surface area contributed by atoms with Gasteiger partial charge < -0.3 is 28.9 Å². The molecule has 1 fully saturated rings. The van der Waals surface area contributed by atoms with Gasteiger partial charge in [-0.1, -0.05) is 54.6 Å². The molecule has 57 heavy (non-hydrogen) atoms. The van der Waals surface area contributed by atoms with Gasteiger partial charge >= 0.3 is 0 Å². The van der Waals surface area contributed by atoms with Gasteiger partial charge in [0.05, 0.1) is 37.1 Å². The van der Waals surface area contributed by atoms with Crippen LogP contribution < -0.4 is 19.1 Å². The number of hydrogen-bond donors (Lipinski definition) is 0. The molecule has 11 heteroatoms. The molecule has 6 rings (SSSR count). The predicted molar refractivity (Wildman–Crippen MR) is 222 cm³/mol. The first-order valence-corrected chi connectivity index (χ1v) is 19.7. The summed E-state index contributed by atoms with van der Waals surface area (Å²) in [6, 6.07) is 25.7. The summed E-state index contributed by atoms with van der Waals surface area (Å²) in [4.78, 5) is 58.9. The number of imide groups is 1. The van der Waals surface area contributed by atoms with E-state index in [-0.39, 0.29) is 30.2 Å². The monoisotopic (exact) mass is 772 g/mol. The highest BCUT2D eigenvalue weighted by Crippen LogP contribution is 2.32. The fraction of sp³-hybridized carbons (Fsp3) is 0.348. The molecule has 0 aliphatic carbocycles. The van der Waals surface area contributed by atoms with Crippen molar-refractivity contribution in [2.45, 2.75) is 39.0 Å². The number of piperazine rings is 1. The van der Waals surface area contributed by atoms with Crippen LogP contribution in [-0.4, -0.2) is 105 Å². The van der Waals surface area contributed by atoms with Crippen LogP contribution in [0.3, 0.4) is 0 Å². The van der Waals surface area contributed by atoms with E-state index < -0.39 is 0 Å². The zero-order chi connectivity index (χ0) is 40.3. The highest BCUT2D eigenvalue weighted by Gasteiger charge is 2.34. The number of carbonyl (C=O) groups is 4. The summed E-state index contributed by atoms with van der Waals surface area (Å²) in [6.07, 6.45) is 7.39. The standard InChI is InChI=1S/C46H52N4O7/c1-33-18-23-39(42(31-33)57-29-11-5-6-17-43(51)49-27-25-47(2)26-28-49)48(3)44(52)36-22-21-35(41(32-36)55-4)20-19-34-13-7-10-16-40(34)56-30-12-24-50-45(53)37-14-8-9-15-38(37)46(50)54/h7-10,13-16,18-23,31-32H,5-6,11-12,17,24-30H2,1-4H3/b20-19+. The summed E-state index contributed by atoms with van der Waals surface area (Å²) in [5.41, 5.74) is 4.65. The third-order valence-electron chi connectivity index (χ3n) is 10.4. The zero-order valence-electron chi connectivity index (χ0n) is 33.4. The molecule has 2 heterocycles. The van der Waals surface area contributed by atoms with Gasteiger partial charge in [-0.05, 0) is 87.7 Å². The number of carbonyl (C=O) groups excluding carboxylic acids is 4. The van der Waals surface area contributed by atoms with Gasteiger partial charge in [0.2, 0.25) is 5.91 Å². The van der Waals surface area contributed by atoms with Gasteiger partial charge in [0, 0.05) is 62.9 Å². The number of para-hydroxylation sites is 1. The fourth-order valence-electron chi connectivity index (χ4n) is 7.03. The van der Waals surface area contributed by atoms with E-state index in [1.54, 1.807) is 55.5 Å². The van der Waals surface area contributed by atoms with E-state index in [0.29, 0.717) is 65.7 Å². The molecule has 4 aromatic carbocycles. The van der Waals surface area contributed by atoms with Crippen LogP contribution in [0.2, 0.25) is 0 Å². The fourth-order valence-corrected chi connectivity index (χ4v) is 7.03. The van der Waals surface area contributed by atoms with Crippen molar-refractivity contribution in [3.8, 4) is 17.2 Å². The van der Waals surface area contributed by atoms with Crippen molar-refractivity contribution in [2.24, 2.45) is 0 Å². The molecule has 298 valence electrons. The number of ether oxygens (including phenoxy) is 3. The molecule has 0 aromatic heterocycles. The van der Waals surface area contributed by atoms with E-state index in [1.165, 1.54) is 4.90 Å². The Morgan fingerprint density at radius 3 is 2.09 bits per heavy atom. The highest BCUT2D eigenvalue weighted by molar-refractivity contribution is 6.21. The number of rotatable bonds is 17. The number of hydrogen-bond acceptors (Lipinski definition) is 8. The molecule has 0 saturated carbocycles. The summed E-state index contributed by atoms with van der Waals surface area (Å²) in [7, 11) is 5.39. The number of aryl methyl sites for hydroxylation is 1. The molecule has 2 aliphatic rings. The predicted octanol–water partition coefficient (Wildman–Crippen LogP) is 7.23. The Morgan fingerprint density at radius 1 is 0.719 bits per heavy atom. The van der Waals surface area contributed by atoms with E-state index in [1.807, 2.05) is 72.5 Å². The number of nitrogens with zero attached hydrogens (tertiary/aromatic N) is 4. The third kappa shape index (κ3) is 10.1. The smallest absolute Gasteiger partial charge is 0.261 e. The Hall–Kier alpha value is -5.94. The van der Waals surface area contributed by atoms with E-state index in [2.05, 4.69) is 11.9 Å². The molecule has 4 aromatic rings. The van der Waals surface area contributed by atoms with Crippen molar-refractivity contribution < 1.29 is 33.4 Å². The van der Waals surface area contributed by atoms with E-state index >= 15 is 0 Å². The quantitative estimate of drug-likeness (QED) is 0.0629. The van der Waals surface area contributed by atoms with Crippen LogP contribution in [0.1, 0.15) is 79.9 Å². The van der Waals surface area contributed by atoms with Crippen molar-refractivity contribution >= 4 is 41.5 Å². The topological polar surface area (TPSA) is 109 Å². The lowest BCUT2D eigenvalue weighted by atomic mass is 10.1. The minimum atomic E-state index is -0.272. The maximum absolute atomic E-state index is 13.8. The van der Waals surface area contributed by atoms with Gasteiger partial charge in [-0.3, -0.25) is 24.1 Å². The zero-order valence-corrected chi connectivity index (χ0v) is 33.4. The van der Waals surface area contributed by atoms with Gasteiger partial charge in [0.15, 0.2) is 0 Å². The normalized spacial score (nSPS) is 14.2. The van der Waals surface area contributed by atoms with Gasteiger partial charge in [-0.25, -0.2) is 0 Å². The van der Waals surface area contributed by atoms with Crippen LogP contribution in [0.15, 0.2) is 84.9 Å². The molecule has 0 spiro atoms. The van der Waals surface area contributed by atoms with Crippen molar-refractivity contribution in [1.29, 1.82) is 0 Å². The van der Waals surface area contributed by atoms with Gasteiger partial charge in [-0.2, -0.15) is 0 Å². The molecule has 4 amide bonds. The van der Waals surface area contributed by atoms with Gasteiger partial charge in [0.1, 0.15) is 17.2 Å². The number of benzene rings is 4. The summed E-state index contributed by atoms with van der Waals surface area (Å²) in [5, 5.41) is 0. The van der Waals surface area contributed by atoms with Crippen molar-refractivity contribution in [3.05, 3.63) is 118 Å². The van der Waals surface area contributed by atoms with Crippen LogP contribution in [0.25, 0.3) is 12.2 Å². The molecule has 0 atom stereocenters. The van der Waals surface area contributed by atoms with Crippen LogP contribution in [0.5, 0.6) is 17.2 Å². The molecule has 2 aliphatic heterocycles. The van der Waals surface area contributed by atoms with Crippen molar-refractivity contribution in [3.63, 3.8) is 0 Å². The largest absolute Gasteiger partial charge is 0.496 e. The minimum absolute atomic E-state index is 0.208. The van der Waals surface area contributed by atoms with Crippen molar-refractivity contribution in [1.82, 2.24) is 14.7 Å². The number of likely N-dealkylation sites (N-methyl/N-ethyl adjacent to an activating group) is 1. The Kier molecular flexibility index (Phi) is 13.8. The van der Waals surface area contributed by atoms with E-state index in [9.17, 15) is 19.2 Å². The molecule has 1 saturated heterocycles. The summed E-state index contributed by atoms with van der Waals surface area (Å²) in [5.74, 6) is 1.31. The van der Waals surface area contributed by atoms with Crippen LogP contribution in [-0.2, 0) is 4.79 Å². The van der Waals surface area contributed by atoms with Crippen molar-refractivity contribution in [2.75, 3.05) is 72.0 Å². The molecular weight excluding hydrogens is 721 g/mol. The Morgan fingerprint density at radius 2 is 1.37 bits per heavy atom. The number of methoxy groups -OCH3 is 1. The average Bonchev–Trinajstić information content (AvgIpc) is 3.47. The lowest BCUT2D eigenvalue weighted by Gasteiger charge is -2.32. The minimum Gasteiger partial charge on any atom is -0.496 e. The second-order valence-corrected chi connectivity index (χ2v) is 14.5. The number of unbranched alkanes of at least 4 members (excludes halogenated alkanes) is 2. The summed E-state index contributed by atoms with van der Waals surface area (Å²) in [6.45, 7) is 6.51. The van der Waals surface area contributed by atoms with E-state index in [4.69, 9.17) is 14.2 Å². The van der Waals surface area contributed by atoms with E-state index in [0.717, 1.165) is 62.1 Å². The average molecular weight is 773 g/mol. The maximum atomic E-state index is 13.8. The molecule has 11 nitrogen and oxygen atoms in total. The van der Waals surface area contributed by atoms with Gasteiger partial charge in [0.25, 0.3) is 17.7 Å². The molecule has 0 radical (unpaired) electrons. The molecule has 0 N–H and O–H groups in total. The Balaban J connectivity index is 1.02.